The number of halogens is 1. The number of hydrogen-bond acceptors (Lipinski definition) is 0. The molecule has 0 fully saturated rings. The largest absolute Gasteiger partial charge is 0.0840 e. The zero-order valence-electron chi connectivity index (χ0n) is 18.0. The van der Waals surface area contributed by atoms with Crippen molar-refractivity contribution in [2.45, 2.75) is 91.9 Å². The lowest BCUT2D eigenvalue weighted by Crippen LogP contribution is -1.88. The number of hydrogen-bond donors (Lipinski definition) is 0. The molecule has 0 bridgehead atoms. The second-order valence-electron chi connectivity index (χ2n) is 7.70. The molecule has 0 N–H and O–H groups in total. The SMILES string of the molecule is CCCCCCc1ccc(C)cc1.CCCCCCc1ccc(C)cc1Cl. The highest BCUT2D eigenvalue weighted by Crippen LogP contribution is 2.19. The van der Waals surface area contributed by atoms with Gasteiger partial charge in [-0.05, 0) is 62.3 Å². The van der Waals surface area contributed by atoms with Crippen molar-refractivity contribution in [3.05, 3.63) is 69.7 Å². The van der Waals surface area contributed by atoms with Crippen LogP contribution in [0.25, 0.3) is 0 Å². The van der Waals surface area contributed by atoms with Gasteiger partial charge in [-0.3, -0.25) is 0 Å². The van der Waals surface area contributed by atoms with E-state index in [0.29, 0.717) is 0 Å². The third-order valence-electron chi connectivity index (χ3n) is 4.95. The lowest BCUT2D eigenvalue weighted by Gasteiger charge is -2.04. The van der Waals surface area contributed by atoms with Gasteiger partial charge in [-0.15, -0.1) is 0 Å². The number of rotatable bonds is 10. The first-order valence-electron chi connectivity index (χ1n) is 10.9. The van der Waals surface area contributed by atoms with Crippen molar-refractivity contribution in [3.8, 4) is 0 Å². The standard InChI is InChI=1S/C13H19Cl.C13H20/c1-3-4-5-6-7-12-9-8-11(2)10-13(12)14;1-3-4-5-6-7-13-10-8-12(2)9-11-13/h8-10H,3-7H2,1-2H3;8-11H,3-7H2,1-2H3. The molecule has 1 heteroatoms. The molecule has 0 atom stereocenters. The van der Waals surface area contributed by atoms with Gasteiger partial charge in [0, 0.05) is 5.02 Å². The normalized spacial score (nSPS) is 10.4. The Kier molecular flexibility index (Phi) is 13.0. The minimum Gasteiger partial charge on any atom is -0.0840 e. The summed E-state index contributed by atoms with van der Waals surface area (Å²) in [6, 6.07) is 15.3. The van der Waals surface area contributed by atoms with Crippen LogP contribution >= 0.6 is 11.6 Å². The van der Waals surface area contributed by atoms with Gasteiger partial charge < -0.3 is 0 Å². The molecule has 0 saturated carbocycles. The van der Waals surface area contributed by atoms with Crippen LogP contribution in [0.2, 0.25) is 5.02 Å². The van der Waals surface area contributed by atoms with Crippen LogP contribution in [0.5, 0.6) is 0 Å². The minimum absolute atomic E-state index is 0.932. The van der Waals surface area contributed by atoms with E-state index in [2.05, 4.69) is 70.2 Å². The van der Waals surface area contributed by atoms with Crippen LogP contribution < -0.4 is 0 Å². The van der Waals surface area contributed by atoms with Crippen LogP contribution in [0, 0.1) is 13.8 Å². The van der Waals surface area contributed by atoms with E-state index in [-0.39, 0.29) is 0 Å². The molecule has 2 rings (SSSR count). The summed E-state index contributed by atoms with van der Waals surface area (Å²) in [7, 11) is 0. The molecule has 150 valence electrons. The van der Waals surface area contributed by atoms with Crippen molar-refractivity contribution in [2.75, 3.05) is 0 Å². The van der Waals surface area contributed by atoms with Gasteiger partial charge in [0.2, 0.25) is 0 Å². The van der Waals surface area contributed by atoms with Gasteiger partial charge in [-0.2, -0.15) is 0 Å². The molecule has 0 spiro atoms. The Balaban J connectivity index is 0.000000271. The van der Waals surface area contributed by atoms with E-state index >= 15 is 0 Å². The molecular formula is C26H39Cl. The average molecular weight is 387 g/mol. The van der Waals surface area contributed by atoms with E-state index in [1.54, 1.807) is 0 Å². The fourth-order valence-corrected chi connectivity index (χ4v) is 3.44. The predicted molar refractivity (Wildman–Crippen MR) is 123 cm³/mol. The summed E-state index contributed by atoms with van der Waals surface area (Å²) in [5.41, 5.74) is 5.39. The Morgan fingerprint density at radius 3 is 1.74 bits per heavy atom. The highest BCUT2D eigenvalue weighted by atomic mass is 35.5. The zero-order valence-corrected chi connectivity index (χ0v) is 18.7. The van der Waals surface area contributed by atoms with Gasteiger partial charge in [0.05, 0.1) is 0 Å². The van der Waals surface area contributed by atoms with Crippen molar-refractivity contribution >= 4 is 11.6 Å². The number of benzene rings is 2. The number of aryl methyl sites for hydroxylation is 4. The predicted octanol–water partition coefficient (Wildman–Crippen LogP) is 8.89. The summed E-state index contributed by atoms with van der Waals surface area (Å²) in [6.07, 6.45) is 13.0. The fourth-order valence-electron chi connectivity index (χ4n) is 3.11. The molecule has 2 aromatic carbocycles. The first-order valence-corrected chi connectivity index (χ1v) is 11.2. The molecule has 0 aliphatic rings. The van der Waals surface area contributed by atoms with Crippen molar-refractivity contribution in [2.24, 2.45) is 0 Å². The topological polar surface area (TPSA) is 0 Å². The smallest absolute Gasteiger partial charge is 0.0440 e. The third-order valence-corrected chi connectivity index (χ3v) is 5.30. The lowest BCUT2D eigenvalue weighted by molar-refractivity contribution is 0.667. The van der Waals surface area contributed by atoms with Crippen LogP contribution in [0.1, 0.15) is 87.5 Å². The molecule has 0 amide bonds. The van der Waals surface area contributed by atoms with Crippen molar-refractivity contribution in [1.29, 1.82) is 0 Å². The van der Waals surface area contributed by atoms with E-state index in [1.807, 2.05) is 0 Å². The summed E-state index contributed by atoms with van der Waals surface area (Å²) in [5, 5.41) is 0.932. The van der Waals surface area contributed by atoms with E-state index in [9.17, 15) is 0 Å². The molecule has 0 aromatic heterocycles. The monoisotopic (exact) mass is 386 g/mol. The first-order chi connectivity index (χ1) is 13.1. The van der Waals surface area contributed by atoms with Gasteiger partial charge in [0.25, 0.3) is 0 Å². The van der Waals surface area contributed by atoms with E-state index < -0.39 is 0 Å². The second-order valence-corrected chi connectivity index (χ2v) is 8.11. The van der Waals surface area contributed by atoms with Gasteiger partial charge in [0.15, 0.2) is 0 Å². The molecule has 27 heavy (non-hydrogen) atoms. The summed E-state index contributed by atoms with van der Waals surface area (Å²) in [5.74, 6) is 0. The molecule has 0 aliphatic heterocycles. The van der Waals surface area contributed by atoms with Crippen LogP contribution in [0.15, 0.2) is 42.5 Å². The molecular weight excluding hydrogens is 348 g/mol. The third kappa shape index (κ3) is 11.2. The van der Waals surface area contributed by atoms with Crippen molar-refractivity contribution < 1.29 is 0 Å². The maximum Gasteiger partial charge on any atom is 0.0440 e. The van der Waals surface area contributed by atoms with Gasteiger partial charge in [0.1, 0.15) is 0 Å². The number of unbranched alkanes of at least 4 members (excludes halogenated alkanes) is 6. The Bertz CT molecular complexity index is 613. The van der Waals surface area contributed by atoms with E-state index in [4.69, 9.17) is 11.6 Å². The molecule has 0 unspecified atom stereocenters. The molecule has 0 aliphatic carbocycles. The average Bonchev–Trinajstić information content (AvgIpc) is 2.66. The van der Waals surface area contributed by atoms with Crippen LogP contribution in [-0.2, 0) is 12.8 Å². The summed E-state index contributed by atoms with van der Waals surface area (Å²) >= 11 is 6.14. The Labute approximate surface area is 173 Å². The molecule has 2 aromatic rings. The molecule has 0 saturated heterocycles. The molecule has 0 radical (unpaired) electrons. The maximum absolute atomic E-state index is 6.14. The summed E-state index contributed by atoms with van der Waals surface area (Å²) < 4.78 is 0. The highest BCUT2D eigenvalue weighted by molar-refractivity contribution is 6.31. The second kappa shape index (κ2) is 14.7. The minimum atomic E-state index is 0.932. The van der Waals surface area contributed by atoms with Crippen LogP contribution in [0.4, 0.5) is 0 Å². The maximum atomic E-state index is 6.14. The van der Waals surface area contributed by atoms with Crippen molar-refractivity contribution in [3.63, 3.8) is 0 Å². The van der Waals surface area contributed by atoms with Crippen molar-refractivity contribution in [1.82, 2.24) is 0 Å². The van der Waals surface area contributed by atoms with Gasteiger partial charge in [-0.1, -0.05) is 106 Å². The fraction of sp³-hybridized carbons (Fsp3) is 0.538. The Morgan fingerprint density at radius 1 is 0.630 bits per heavy atom. The van der Waals surface area contributed by atoms with E-state index in [1.165, 1.54) is 80.0 Å². The Hall–Kier alpha value is -1.27. The lowest BCUT2D eigenvalue weighted by atomic mass is 10.0. The highest BCUT2D eigenvalue weighted by Gasteiger charge is 1.99. The first kappa shape index (κ1) is 23.8. The molecule has 0 heterocycles. The van der Waals surface area contributed by atoms with E-state index in [0.717, 1.165) is 11.4 Å². The van der Waals surface area contributed by atoms with Crippen LogP contribution in [0.3, 0.4) is 0 Å². The zero-order chi connectivity index (χ0) is 19.9. The quantitative estimate of drug-likeness (QED) is 0.357. The summed E-state index contributed by atoms with van der Waals surface area (Å²) in [6.45, 7) is 8.71. The van der Waals surface area contributed by atoms with Crippen LogP contribution in [-0.4, -0.2) is 0 Å². The summed E-state index contributed by atoms with van der Waals surface area (Å²) in [4.78, 5) is 0. The van der Waals surface area contributed by atoms with Gasteiger partial charge in [-0.25, -0.2) is 0 Å². The molecule has 0 nitrogen and oxygen atoms in total. The van der Waals surface area contributed by atoms with Gasteiger partial charge >= 0.3 is 0 Å². The Morgan fingerprint density at radius 2 is 1.19 bits per heavy atom.